The van der Waals surface area contributed by atoms with Crippen molar-refractivity contribution in [3.8, 4) is 0 Å². The van der Waals surface area contributed by atoms with Crippen molar-refractivity contribution in [1.82, 2.24) is 4.90 Å². The second kappa shape index (κ2) is 5.30. The highest BCUT2D eigenvalue weighted by Crippen LogP contribution is 2.37. The van der Waals surface area contributed by atoms with Gasteiger partial charge in [0.15, 0.2) is 0 Å². The fourth-order valence-corrected chi connectivity index (χ4v) is 4.25. The van der Waals surface area contributed by atoms with Crippen molar-refractivity contribution in [2.45, 2.75) is 32.7 Å². The Morgan fingerprint density at radius 1 is 1.48 bits per heavy atom. The third kappa shape index (κ3) is 2.29. The molecular formula is C16H19FN2OS. The fraction of sp³-hybridized carbons (Fsp3) is 0.438. The topological polar surface area (TPSA) is 46.3 Å². The lowest BCUT2D eigenvalue weighted by molar-refractivity contribution is 0.0707. The summed E-state index contributed by atoms with van der Waals surface area (Å²) in [5, 5.41) is 0.381. The van der Waals surface area contributed by atoms with Crippen molar-refractivity contribution in [1.29, 1.82) is 0 Å². The zero-order chi connectivity index (χ0) is 15.1. The predicted octanol–water partition coefficient (Wildman–Crippen LogP) is 3.88. The molecule has 3 rings (SSSR count). The molecule has 0 bridgehead atoms. The monoisotopic (exact) mass is 306 g/mol. The summed E-state index contributed by atoms with van der Waals surface area (Å²) >= 11 is 1.29. The van der Waals surface area contributed by atoms with Crippen LogP contribution in [0.25, 0.3) is 10.1 Å². The first-order valence-electron chi connectivity index (χ1n) is 7.28. The van der Waals surface area contributed by atoms with E-state index in [-0.39, 0.29) is 23.5 Å². The molecule has 1 aromatic heterocycles. The van der Waals surface area contributed by atoms with Gasteiger partial charge < -0.3 is 10.6 Å². The van der Waals surface area contributed by atoms with Gasteiger partial charge in [-0.25, -0.2) is 4.39 Å². The minimum absolute atomic E-state index is 0.0516. The van der Waals surface area contributed by atoms with E-state index in [0.29, 0.717) is 16.2 Å². The third-order valence-corrected chi connectivity index (χ3v) is 5.38. The van der Waals surface area contributed by atoms with Gasteiger partial charge >= 0.3 is 0 Å². The second-order valence-corrected chi connectivity index (χ2v) is 6.96. The van der Waals surface area contributed by atoms with Gasteiger partial charge in [-0.1, -0.05) is 19.9 Å². The molecular weight excluding hydrogens is 287 g/mol. The summed E-state index contributed by atoms with van der Waals surface area (Å²) in [5.41, 5.74) is 6.34. The van der Waals surface area contributed by atoms with Crippen LogP contribution in [-0.2, 0) is 0 Å². The lowest BCUT2D eigenvalue weighted by atomic mass is 10.0. The molecule has 1 atom stereocenters. The molecule has 0 aliphatic carbocycles. The third-order valence-electron chi connectivity index (χ3n) is 4.23. The number of rotatable bonds is 2. The molecule has 112 valence electrons. The Hall–Kier alpha value is -1.62. The minimum Gasteiger partial charge on any atom is -0.397 e. The van der Waals surface area contributed by atoms with Gasteiger partial charge in [-0.05, 0) is 30.9 Å². The number of hydrogen-bond acceptors (Lipinski definition) is 3. The lowest BCUT2D eigenvalue weighted by Crippen LogP contribution is -2.38. The number of amides is 1. The van der Waals surface area contributed by atoms with Crippen molar-refractivity contribution < 1.29 is 9.18 Å². The number of nitrogens with two attached hydrogens (primary N) is 1. The maximum atomic E-state index is 13.9. The lowest BCUT2D eigenvalue weighted by Gasteiger charge is -2.27. The molecule has 0 radical (unpaired) electrons. The number of nitrogens with zero attached hydrogens (tertiary/aromatic N) is 1. The summed E-state index contributed by atoms with van der Waals surface area (Å²) in [6, 6.07) is 5.09. The van der Waals surface area contributed by atoms with Crippen LogP contribution >= 0.6 is 11.3 Å². The van der Waals surface area contributed by atoms with Crippen molar-refractivity contribution in [3.63, 3.8) is 0 Å². The number of carbonyl (C=O) groups excluding carboxylic acids is 1. The summed E-state index contributed by atoms with van der Waals surface area (Å²) in [6.07, 6.45) is 2.05. The van der Waals surface area contributed by atoms with Gasteiger partial charge in [-0.3, -0.25) is 4.79 Å². The zero-order valence-corrected chi connectivity index (χ0v) is 13.0. The van der Waals surface area contributed by atoms with Crippen LogP contribution in [0.15, 0.2) is 18.2 Å². The SMILES string of the molecule is CC(C)C1CCCN1C(=O)c1sc2cccc(F)c2c1N. The molecule has 1 unspecified atom stereocenters. The number of anilines is 1. The van der Waals surface area contributed by atoms with Crippen LogP contribution in [0.1, 0.15) is 36.4 Å². The number of benzene rings is 1. The van der Waals surface area contributed by atoms with E-state index in [2.05, 4.69) is 13.8 Å². The van der Waals surface area contributed by atoms with Gasteiger partial charge in [0.2, 0.25) is 0 Å². The van der Waals surface area contributed by atoms with Crippen molar-refractivity contribution in [3.05, 3.63) is 28.9 Å². The van der Waals surface area contributed by atoms with E-state index in [1.54, 1.807) is 12.1 Å². The molecule has 2 N–H and O–H groups in total. The van der Waals surface area contributed by atoms with E-state index in [1.165, 1.54) is 17.4 Å². The van der Waals surface area contributed by atoms with Gasteiger partial charge in [0.25, 0.3) is 5.91 Å². The Labute approximate surface area is 127 Å². The molecule has 0 spiro atoms. The number of thiophene rings is 1. The normalized spacial score (nSPS) is 18.9. The first-order chi connectivity index (χ1) is 10.0. The standard InChI is InChI=1S/C16H19FN2OS/c1-9(2)11-6-4-8-19(11)16(20)15-14(18)13-10(17)5-3-7-12(13)21-15/h3,5,7,9,11H,4,6,8,18H2,1-2H3. The van der Waals surface area contributed by atoms with E-state index in [1.807, 2.05) is 4.90 Å². The molecule has 1 saturated heterocycles. The highest BCUT2D eigenvalue weighted by atomic mass is 32.1. The molecule has 1 fully saturated rings. The number of hydrogen-bond donors (Lipinski definition) is 1. The average Bonchev–Trinajstić information content (AvgIpc) is 3.04. The van der Waals surface area contributed by atoms with Crippen LogP contribution in [-0.4, -0.2) is 23.4 Å². The van der Waals surface area contributed by atoms with E-state index in [9.17, 15) is 9.18 Å². The van der Waals surface area contributed by atoms with Gasteiger partial charge in [0.1, 0.15) is 10.7 Å². The van der Waals surface area contributed by atoms with E-state index < -0.39 is 0 Å². The van der Waals surface area contributed by atoms with E-state index in [0.717, 1.165) is 24.1 Å². The van der Waals surface area contributed by atoms with Crippen LogP contribution in [0.4, 0.5) is 10.1 Å². The molecule has 2 heterocycles. The fourth-order valence-electron chi connectivity index (χ4n) is 3.16. The van der Waals surface area contributed by atoms with Gasteiger partial charge in [-0.2, -0.15) is 0 Å². The molecule has 2 aromatic rings. The first kappa shape index (κ1) is 14.3. The molecule has 1 aliphatic heterocycles. The Kier molecular flexibility index (Phi) is 3.61. The number of nitrogen functional groups attached to an aromatic ring is 1. The van der Waals surface area contributed by atoms with E-state index in [4.69, 9.17) is 5.73 Å². The van der Waals surface area contributed by atoms with Crippen LogP contribution < -0.4 is 5.73 Å². The highest BCUT2D eigenvalue weighted by molar-refractivity contribution is 7.21. The Bertz CT molecular complexity index is 695. The molecule has 5 heteroatoms. The summed E-state index contributed by atoms with van der Waals surface area (Å²) in [5.74, 6) is 0.00946. The number of halogens is 1. The smallest absolute Gasteiger partial charge is 0.266 e. The van der Waals surface area contributed by atoms with Gasteiger partial charge in [-0.15, -0.1) is 11.3 Å². The summed E-state index contributed by atoms with van der Waals surface area (Å²) in [4.78, 5) is 15.2. The van der Waals surface area contributed by atoms with Gasteiger partial charge in [0.05, 0.1) is 11.1 Å². The first-order valence-corrected chi connectivity index (χ1v) is 8.09. The molecule has 1 amide bonds. The van der Waals surface area contributed by atoms with Crippen LogP contribution in [0, 0.1) is 11.7 Å². The van der Waals surface area contributed by atoms with Crippen LogP contribution in [0.2, 0.25) is 0 Å². The average molecular weight is 306 g/mol. The Balaban J connectivity index is 2.02. The molecule has 1 aromatic carbocycles. The second-order valence-electron chi connectivity index (χ2n) is 5.91. The summed E-state index contributed by atoms with van der Waals surface area (Å²) in [7, 11) is 0. The van der Waals surface area contributed by atoms with Crippen molar-refractivity contribution in [2.24, 2.45) is 5.92 Å². The predicted molar refractivity (Wildman–Crippen MR) is 85.1 cm³/mol. The zero-order valence-electron chi connectivity index (χ0n) is 12.2. The van der Waals surface area contributed by atoms with Crippen LogP contribution in [0.3, 0.4) is 0 Å². The van der Waals surface area contributed by atoms with Crippen LogP contribution in [0.5, 0.6) is 0 Å². The van der Waals surface area contributed by atoms with Crippen molar-refractivity contribution >= 4 is 33.0 Å². The molecule has 0 saturated carbocycles. The number of carbonyl (C=O) groups is 1. The largest absolute Gasteiger partial charge is 0.397 e. The Morgan fingerprint density at radius 2 is 2.24 bits per heavy atom. The summed E-state index contributed by atoms with van der Waals surface area (Å²) < 4.78 is 14.6. The quantitative estimate of drug-likeness (QED) is 0.915. The number of fused-ring (bicyclic) bond motifs is 1. The van der Waals surface area contributed by atoms with Gasteiger partial charge in [0, 0.05) is 17.3 Å². The summed E-state index contributed by atoms with van der Waals surface area (Å²) in [6.45, 7) is 5.02. The molecule has 21 heavy (non-hydrogen) atoms. The number of likely N-dealkylation sites (tertiary alicyclic amines) is 1. The Morgan fingerprint density at radius 3 is 2.90 bits per heavy atom. The molecule has 3 nitrogen and oxygen atoms in total. The highest BCUT2D eigenvalue weighted by Gasteiger charge is 2.33. The molecule has 1 aliphatic rings. The maximum absolute atomic E-state index is 13.9. The van der Waals surface area contributed by atoms with Crippen molar-refractivity contribution in [2.75, 3.05) is 12.3 Å². The maximum Gasteiger partial charge on any atom is 0.266 e. The minimum atomic E-state index is -0.359. The van der Waals surface area contributed by atoms with E-state index >= 15 is 0 Å².